The molecule has 1 aromatic carbocycles. The summed E-state index contributed by atoms with van der Waals surface area (Å²) in [5, 5.41) is 15.2. The number of carbonyl (C=O) groups is 1. The summed E-state index contributed by atoms with van der Waals surface area (Å²) in [4.78, 5) is 24.5. The van der Waals surface area contributed by atoms with Crippen LogP contribution < -0.4 is 21.7 Å². The molecule has 5 rings (SSSR count). The second kappa shape index (κ2) is 11.1. The molecule has 4 aromatic rings. The largest absolute Gasteiger partial charge is 0.397 e. The SMILES string of the molecule is CCCc1cc(N2CCC(NCC(O)c3ccc(-c4nccn4C)cc3)CC2)nc2sc(C(N)=O)c(N)c12. The number of fused-ring (bicyclic) bond motifs is 1. The number of piperidine rings is 1. The summed E-state index contributed by atoms with van der Waals surface area (Å²) in [7, 11) is 1.97. The third kappa shape index (κ3) is 5.24. The first-order valence-corrected chi connectivity index (χ1v) is 13.9. The topological polar surface area (TPSA) is 135 Å². The van der Waals surface area contributed by atoms with Crippen LogP contribution >= 0.6 is 11.3 Å². The van der Waals surface area contributed by atoms with Crippen LogP contribution in [0.5, 0.6) is 0 Å². The van der Waals surface area contributed by atoms with E-state index in [1.54, 1.807) is 6.20 Å². The van der Waals surface area contributed by atoms with Crippen LogP contribution in [0.3, 0.4) is 0 Å². The number of anilines is 2. The molecule has 0 radical (unpaired) electrons. The molecule has 6 N–H and O–H groups in total. The third-order valence-corrected chi connectivity index (χ3v) is 8.42. The highest BCUT2D eigenvalue weighted by atomic mass is 32.1. The van der Waals surface area contributed by atoms with E-state index in [0.29, 0.717) is 23.2 Å². The Bertz CT molecular complexity index is 1420. The normalized spacial score (nSPS) is 15.3. The van der Waals surface area contributed by atoms with Crippen LogP contribution in [-0.4, -0.2) is 51.2 Å². The zero-order chi connectivity index (χ0) is 26.8. The maximum absolute atomic E-state index is 11.8. The first-order valence-electron chi connectivity index (χ1n) is 13.1. The average molecular weight is 534 g/mol. The molecule has 1 saturated heterocycles. The number of nitrogens with one attached hydrogen (secondary N) is 1. The lowest BCUT2D eigenvalue weighted by atomic mass is 10.0. The number of hydrogen-bond acceptors (Lipinski definition) is 8. The Morgan fingerprint density at radius 2 is 2.00 bits per heavy atom. The second-order valence-electron chi connectivity index (χ2n) is 9.95. The minimum atomic E-state index is -0.576. The Morgan fingerprint density at radius 1 is 1.26 bits per heavy atom. The summed E-state index contributed by atoms with van der Waals surface area (Å²) in [6.45, 7) is 4.35. The second-order valence-corrected chi connectivity index (χ2v) is 10.9. The fourth-order valence-corrected chi connectivity index (χ4v) is 6.19. The number of aromatic nitrogens is 3. The van der Waals surface area contributed by atoms with Crippen molar-refractivity contribution in [3.63, 3.8) is 0 Å². The number of aliphatic hydroxyl groups excluding tert-OH is 1. The molecular weight excluding hydrogens is 498 g/mol. The van der Waals surface area contributed by atoms with E-state index in [1.165, 1.54) is 11.3 Å². The summed E-state index contributed by atoms with van der Waals surface area (Å²) >= 11 is 1.28. The molecule has 1 aliphatic heterocycles. The molecule has 0 spiro atoms. The molecule has 38 heavy (non-hydrogen) atoms. The van der Waals surface area contributed by atoms with Crippen molar-refractivity contribution in [2.24, 2.45) is 12.8 Å². The Hall–Kier alpha value is -3.47. The molecule has 1 unspecified atom stereocenters. The van der Waals surface area contributed by atoms with Crippen molar-refractivity contribution >= 4 is 39.0 Å². The number of rotatable bonds is 9. The number of thiophene rings is 1. The quantitative estimate of drug-likeness (QED) is 0.258. The van der Waals surface area contributed by atoms with Crippen LogP contribution in [0.4, 0.5) is 11.5 Å². The minimum absolute atomic E-state index is 0.324. The Kier molecular flexibility index (Phi) is 7.64. The van der Waals surface area contributed by atoms with Gasteiger partial charge in [0.2, 0.25) is 0 Å². The van der Waals surface area contributed by atoms with Gasteiger partial charge in [0.15, 0.2) is 0 Å². The van der Waals surface area contributed by atoms with Gasteiger partial charge in [-0.25, -0.2) is 9.97 Å². The monoisotopic (exact) mass is 533 g/mol. The van der Waals surface area contributed by atoms with Crippen LogP contribution in [-0.2, 0) is 13.5 Å². The van der Waals surface area contributed by atoms with Crippen molar-refractivity contribution in [3.05, 3.63) is 58.7 Å². The molecule has 1 aliphatic rings. The Balaban J connectivity index is 1.19. The molecule has 0 aliphatic carbocycles. The van der Waals surface area contributed by atoms with E-state index >= 15 is 0 Å². The fraction of sp³-hybridized carbons (Fsp3) is 0.393. The number of hydrogen-bond donors (Lipinski definition) is 4. The molecular formula is C28H35N7O2S. The minimum Gasteiger partial charge on any atom is -0.397 e. The number of carbonyl (C=O) groups excluding carboxylic acids is 1. The number of pyridine rings is 1. The Morgan fingerprint density at radius 3 is 2.63 bits per heavy atom. The number of primary amides is 1. The zero-order valence-electron chi connectivity index (χ0n) is 21.9. The van der Waals surface area contributed by atoms with Gasteiger partial charge in [0.25, 0.3) is 5.91 Å². The number of benzene rings is 1. The molecule has 1 atom stereocenters. The fourth-order valence-electron chi connectivity index (χ4n) is 5.20. The van der Waals surface area contributed by atoms with Gasteiger partial charge in [-0.1, -0.05) is 37.6 Å². The van der Waals surface area contributed by atoms with Crippen molar-refractivity contribution in [1.29, 1.82) is 0 Å². The number of amides is 1. The summed E-state index contributed by atoms with van der Waals surface area (Å²) < 4.78 is 1.98. The lowest BCUT2D eigenvalue weighted by Gasteiger charge is -2.34. The number of nitrogen functional groups attached to an aromatic ring is 1. The lowest BCUT2D eigenvalue weighted by molar-refractivity contribution is 0.100. The summed E-state index contributed by atoms with van der Waals surface area (Å²) in [6, 6.07) is 10.4. The van der Waals surface area contributed by atoms with Crippen LogP contribution in [0.1, 0.15) is 53.1 Å². The van der Waals surface area contributed by atoms with Crippen molar-refractivity contribution < 1.29 is 9.90 Å². The lowest BCUT2D eigenvalue weighted by Crippen LogP contribution is -2.44. The molecule has 0 saturated carbocycles. The molecule has 200 valence electrons. The van der Waals surface area contributed by atoms with E-state index in [2.05, 4.69) is 28.2 Å². The van der Waals surface area contributed by atoms with Gasteiger partial charge >= 0.3 is 0 Å². The molecule has 0 bridgehead atoms. The van der Waals surface area contributed by atoms with Gasteiger partial charge in [-0.05, 0) is 36.5 Å². The highest BCUT2D eigenvalue weighted by Gasteiger charge is 2.24. The predicted molar refractivity (Wildman–Crippen MR) is 153 cm³/mol. The average Bonchev–Trinajstić information content (AvgIpc) is 3.50. The summed E-state index contributed by atoms with van der Waals surface area (Å²) in [5.74, 6) is 1.32. The van der Waals surface area contributed by atoms with Gasteiger partial charge in [-0.3, -0.25) is 4.79 Å². The first-order chi connectivity index (χ1) is 18.4. The van der Waals surface area contributed by atoms with Gasteiger partial charge in [0.1, 0.15) is 21.3 Å². The van der Waals surface area contributed by atoms with Gasteiger partial charge in [0, 0.05) is 56.1 Å². The van der Waals surface area contributed by atoms with Crippen LogP contribution in [0.15, 0.2) is 42.7 Å². The summed E-state index contributed by atoms with van der Waals surface area (Å²) in [6.07, 6.45) is 6.86. The van der Waals surface area contributed by atoms with Gasteiger partial charge in [-0.2, -0.15) is 0 Å². The highest BCUT2D eigenvalue weighted by Crippen LogP contribution is 2.37. The van der Waals surface area contributed by atoms with Crippen LogP contribution in [0, 0.1) is 0 Å². The van der Waals surface area contributed by atoms with Crippen molar-refractivity contribution in [2.75, 3.05) is 30.3 Å². The van der Waals surface area contributed by atoms with Gasteiger partial charge < -0.3 is 31.4 Å². The van der Waals surface area contributed by atoms with Gasteiger partial charge in [-0.15, -0.1) is 11.3 Å². The number of aliphatic hydroxyl groups is 1. The van der Waals surface area contributed by atoms with Crippen molar-refractivity contribution in [1.82, 2.24) is 19.9 Å². The molecule has 1 amide bonds. The van der Waals surface area contributed by atoms with Crippen LogP contribution in [0.25, 0.3) is 21.6 Å². The number of nitrogens with two attached hydrogens (primary N) is 2. The van der Waals surface area contributed by atoms with E-state index in [-0.39, 0.29) is 0 Å². The number of aryl methyl sites for hydroxylation is 2. The molecule has 9 nitrogen and oxygen atoms in total. The van der Waals surface area contributed by atoms with E-state index in [9.17, 15) is 9.90 Å². The maximum Gasteiger partial charge on any atom is 0.260 e. The Labute approximate surface area is 226 Å². The van der Waals surface area contributed by atoms with Crippen LogP contribution in [0.2, 0.25) is 0 Å². The highest BCUT2D eigenvalue weighted by molar-refractivity contribution is 7.21. The molecule has 3 aromatic heterocycles. The van der Waals surface area contributed by atoms with Gasteiger partial charge in [0.05, 0.1) is 11.8 Å². The standard InChI is InChI=1S/C28H35N7O2S/c1-3-4-19-15-22(33-28-23(19)24(29)25(38-28)26(30)37)35-12-9-20(10-13-35)32-16-21(36)17-5-7-18(8-6-17)27-31-11-14-34(27)2/h5-8,11,14-15,20-21,32,36H,3-4,9-10,12-13,16,29H2,1-2H3,(H2,30,37). The van der Waals surface area contributed by atoms with Crippen molar-refractivity contribution in [3.8, 4) is 11.4 Å². The molecule has 1 fully saturated rings. The van der Waals surface area contributed by atoms with E-state index in [0.717, 1.165) is 77.3 Å². The molecule has 10 heteroatoms. The number of imidazole rings is 1. The van der Waals surface area contributed by atoms with E-state index in [1.807, 2.05) is 42.1 Å². The smallest absolute Gasteiger partial charge is 0.260 e. The maximum atomic E-state index is 11.8. The van der Waals surface area contributed by atoms with E-state index < -0.39 is 12.0 Å². The predicted octanol–water partition coefficient (Wildman–Crippen LogP) is 3.62. The zero-order valence-corrected chi connectivity index (χ0v) is 22.7. The molecule has 4 heterocycles. The van der Waals surface area contributed by atoms with E-state index in [4.69, 9.17) is 16.5 Å². The summed E-state index contributed by atoms with van der Waals surface area (Å²) in [5.41, 5.74) is 15.3. The number of nitrogens with zero attached hydrogens (tertiary/aromatic N) is 4. The van der Waals surface area contributed by atoms with Crippen molar-refractivity contribution in [2.45, 2.75) is 44.8 Å². The third-order valence-electron chi connectivity index (χ3n) is 7.30. The first kappa shape index (κ1) is 26.1.